The Morgan fingerprint density at radius 1 is 1.46 bits per heavy atom. The van der Waals surface area contributed by atoms with E-state index < -0.39 is 0 Å². The standard InChI is InChI=1S/C16H20FN5OS/c1-11-9-21(15(23)5-3-13-10-24-16(18)20-13)6-7-22(11)14-4-2-12(17)8-19-14/h2,4,8,10-11H,3,5-7,9H2,1H3,(H2,18,20). The van der Waals surface area contributed by atoms with Crippen molar-refractivity contribution in [2.75, 3.05) is 30.3 Å². The maximum atomic E-state index is 13.0. The van der Waals surface area contributed by atoms with Gasteiger partial charge in [0, 0.05) is 37.5 Å². The maximum absolute atomic E-state index is 13.0. The minimum atomic E-state index is -0.345. The summed E-state index contributed by atoms with van der Waals surface area (Å²) in [6.07, 6.45) is 2.27. The molecule has 1 unspecified atom stereocenters. The minimum absolute atomic E-state index is 0.125. The normalized spacial score (nSPS) is 18.0. The van der Waals surface area contributed by atoms with E-state index in [1.807, 2.05) is 17.2 Å². The first-order valence-corrected chi connectivity index (χ1v) is 8.77. The van der Waals surface area contributed by atoms with Gasteiger partial charge < -0.3 is 15.5 Å². The number of hydrogen-bond acceptors (Lipinski definition) is 6. The molecule has 2 aromatic heterocycles. The molecule has 0 aliphatic carbocycles. The van der Waals surface area contributed by atoms with Crippen molar-refractivity contribution < 1.29 is 9.18 Å². The Morgan fingerprint density at radius 3 is 2.92 bits per heavy atom. The molecule has 0 aromatic carbocycles. The van der Waals surface area contributed by atoms with Crippen LogP contribution in [0.5, 0.6) is 0 Å². The van der Waals surface area contributed by atoms with E-state index in [4.69, 9.17) is 5.73 Å². The largest absolute Gasteiger partial charge is 0.375 e. The van der Waals surface area contributed by atoms with Crippen LogP contribution in [-0.2, 0) is 11.2 Å². The van der Waals surface area contributed by atoms with E-state index in [0.717, 1.165) is 11.5 Å². The third kappa shape index (κ3) is 3.81. The number of carbonyl (C=O) groups excluding carboxylic acids is 1. The second kappa shape index (κ2) is 7.12. The lowest BCUT2D eigenvalue weighted by atomic mass is 10.1. The van der Waals surface area contributed by atoms with Crippen molar-refractivity contribution in [2.24, 2.45) is 0 Å². The van der Waals surface area contributed by atoms with Gasteiger partial charge in [-0.15, -0.1) is 11.3 Å². The Morgan fingerprint density at radius 2 is 2.29 bits per heavy atom. The molecular weight excluding hydrogens is 329 g/mol. The average Bonchev–Trinajstić information content (AvgIpc) is 2.99. The lowest BCUT2D eigenvalue weighted by Gasteiger charge is -2.40. The molecule has 0 saturated carbocycles. The molecule has 1 amide bonds. The predicted octanol–water partition coefficient (Wildman–Crippen LogP) is 1.93. The SMILES string of the molecule is CC1CN(C(=O)CCc2csc(N)n2)CCN1c1ccc(F)cn1. The van der Waals surface area contributed by atoms with Crippen molar-refractivity contribution in [2.45, 2.75) is 25.8 Å². The Hall–Kier alpha value is -2.22. The average molecular weight is 349 g/mol. The number of pyridine rings is 1. The molecule has 3 heterocycles. The quantitative estimate of drug-likeness (QED) is 0.913. The zero-order chi connectivity index (χ0) is 17.1. The number of amides is 1. The molecule has 3 rings (SSSR count). The molecule has 1 atom stereocenters. The second-order valence-corrected chi connectivity index (χ2v) is 6.78. The Bertz CT molecular complexity index is 705. The first kappa shape index (κ1) is 16.6. The molecular formula is C16H20FN5OS. The van der Waals surface area contributed by atoms with E-state index in [1.165, 1.54) is 23.6 Å². The van der Waals surface area contributed by atoms with Crippen molar-refractivity contribution in [3.63, 3.8) is 0 Å². The van der Waals surface area contributed by atoms with Crippen molar-refractivity contribution in [3.05, 3.63) is 35.2 Å². The zero-order valence-corrected chi connectivity index (χ0v) is 14.3. The number of piperazine rings is 1. The van der Waals surface area contributed by atoms with Crippen LogP contribution in [0.1, 0.15) is 19.0 Å². The number of nitrogen functional groups attached to an aromatic ring is 1. The van der Waals surface area contributed by atoms with Gasteiger partial charge in [0.2, 0.25) is 5.91 Å². The summed E-state index contributed by atoms with van der Waals surface area (Å²) in [6.45, 7) is 4.01. The molecule has 8 heteroatoms. The fourth-order valence-electron chi connectivity index (χ4n) is 2.89. The summed E-state index contributed by atoms with van der Waals surface area (Å²) in [5, 5.41) is 2.43. The summed E-state index contributed by atoms with van der Waals surface area (Å²) in [5.41, 5.74) is 6.47. The molecule has 6 nitrogen and oxygen atoms in total. The molecule has 24 heavy (non-hydrogen) atoms. The van der Waals surface area contributed by atoms with Crippen molar-refractivity contribution in [1.29, 1.82) is 0 Å². The number of nitrogens with two attached hydrogens (primary N) is 1. The molecule has 2 N–H and O–H groups in total. The van der Waals surface area contributed by atoms with Crippen LogP contribution in [0.15, 0.2) is 23.7 Å². The first-order chi connectivity index (χ1) is 11.5. The van der Waals surface area contributed by atoms with Crippen LogP contribution < -0.4 is 10.6 Å². The number of halogens is 1. The topological polar surface area (TPSA) is 75.3 Å². The smallest absolute Gasteiger partial charge is 0.223 e. The number of anilines is 2. The first-order valence-electron chi connectivity index (χ1n) is 7.89. The van der Waals surface area contributed by atoms with Crippen molar-refractivity contribution in [1.82, 2.24) is 14.9 Å². The van der Waals surface area contributed by atoms with E-state index in [2.05, 4.69) is 14.9 Å². The van der Waals surface area contributed by atoms with Gasteiger partial charge in [-0.1, -0.05) is 0 Å². The molecule has 1 saturated heterocycles. The summed E-state index contributed by atoms with van der Waals surface area (Å²) in [6, 6.07) is 3.22. The van der Waals surface area contributed by atoms with E-state index in [0.29, 0.717) is 37.6 Å². The molecule has 1 aliphatic rings. The van der Waals surface area contributed by atoms with Gasteiger partial charge >= 0.3 is 0 Å². The summed E-state index contributed by atoms with van der Waals surface area (Å²) in [5.74, 6) is 0.525. The van der Waals surface area contributed by atoms with Gasteiger partial charge in [0.05, 0.1) is 11.9 Å². The summed E-state index contributed by atoms with van der Waals surface area (Å²) in [7, 11) is 0. The summed E-state index contributed by atoms with van der Waals surface area (Å²) in [4.78, 5) is 24.7. The number of carbonyl (C=O) groups is 1. The fourth-order valence-corrected chi connectivity index (χ4v) is 3.49. The van der Waals surface area contributed by atoms with Crippen LogP contribution in [0.4, 0.5) is 15.3 Å². The summed E-state index contributed by atoms with van der Waals surface area (Å²) < 4.78 is 13.0. The number of aromatic nitrogens is 2. The highest BCUT2D eigenvalue weighted by Gasteiger charge is 2.27. The minimum Gasteiger partial charge on any atom is -0.375 e. The zero-order valence-electron chi connectivity index (χ0n) is 13.5. The molecule has 0 bridgehead atoms. The van der Waals surface area contributed by atoms with Gasteiger partial charge in [-0.3, -0.25) is 4.79 Å². The van der Waals surface area contributed by atoms with Crippen LogP contribution in [0.25, 0.3) is 0 Å². The van der Waals surface area contributed by atoms with Crippen molar-refractivity contribution >= 4 is 28.2 Å². The number of thiazole rings is 1. The molecule has 1 aliphatic heterocycles. The molecule has 0 radical (unpaired) electrons. The van der Waals surface area contributed by atoms with Crippen LogP contribution in [0.2, 0.25) is 0 Å². The highest BCUT2D eigenvalue weighted by atomic mass is 32.1. The molecule has 2 aromatic rings. The van der Waals surface area contributed by atoms with Crippen LogP contribution in [0.3, 0.4) is 0 Å². The summed E-state index contributed by atoms with van der Waals surface area (Å²) >= 11 is 1.39. The van der Waals surface area contributed by atoms with E-state index in [-0.39, 0.29) is 17.8 Å². The van der Waals surface area contributed by atoms with E-state index in [1.54, 1.807) is 6.07 Å². The molecule has 128 valence electrons. The van der Waals surface area contributed by atoms with Gasteiger partial charge in [0.15, 0.2) is 5.13 Å². The monoisotopic (exact) mass is 349 g/mol. The van der Waals surface area contributed by atoms with Crippen LogP contribution in [0, 0.1) is 5.82 Å². The van der Waals surface area contributed by atoms with Crippen molar-refractivity contribution in [3.8, 4) is 0 Å². The Kier molecular flexibility index (Phi) is 4.94. The Labute approximate surface area is 144 Å². The van der Waals surface area contributed by atoms with E-state index in [9.17, 15) is 9.18 Å². The van der Waals surface area contributed by atoms with Crippen LogP contribution >= 0.6 is 11.3 Å². The van der Waals surface area contributed by atoms with Gasteiger partial charge in [-0.25, -0.2) is 14.4 Å². The van der Waals surface area contributed by atoms with Gasteiger partial charge in [-0.05, 0) is 25.5 Å². The second-order valence-electron chi connectivity index (χ2n) is 5.89. The van der Waals surface area contributed by atoms with E-state index >= 15 is 0 Å². The number of aryl methyl sites for hydroxylation is 1. The number of nitrogens with zero attached hydrogens (tertiary/aromatic N) is 4. The van der Waals surface area contributed by atoms with Gasteiger partial charge in [-0.2, -0.15) is 0 Å². The third-order valence-corrected chi connectivity index (χ3v) is 4.87. The van der Waals surface area contributed by atoms with Crippen LogP contribution in [-0.4, -0.2) is 46.5 Å². The predicted molar refractivity (Wildman–Crippen MR) is 92.4 cm³/mol. The number of hydrogen-bond donors (Lipinski definition) is 1. The maximum Gasteiger partial charge on any atom is 0.223 e. The Balaban J connectivity index is 1.54. The molecule has 0 spiro atoms. The molecule has 1 fully saturated rings. The van der Waals surface area contributed by atoms with Gasteiger partial charge in [0.25, 0.3) is 0 Å². The van der Waals surface area contributed by atoms with Gasteiger partial charge in [0.1, 0.15) is 11.6 Å². The number of rotatable bonds is 4. The highest BCUT2D eigenvalue weighted by Crippen LogP contribution is 2.19. The lowest BCUT2D eigenvalue weighted by molar-refractivity contribution is -0.131. The third-order valence-electron chi connectivity index (χ3n) is 4.15. The fraction of sp³-hybridized carbons (Fsp3) is 0.438. The highest BCUT2D eigenvalue weighted by molar-refractivity contribution is 7.13. The lowest BCUT2D eigenvalue weighted by Crippen LogP contribution is -2.54.